The van der Waals surface area contributed by atoms with Crippen LogP contribution in [0.25, 0.3) is 0 Å². The van der Waals surface area contributed by atoms with Gasteiger partial charge >= 0.3 is 0 Å². The fraction of sp³-hybridized carbons (Fsp3) is 1.00. The molecule has 78 valence electrons. The monoisotopic (exact) mass is 183 g/mol. The van der Waals surface area contributed by atoms with E-state index in [9.17, 15) is 0 Å². The van der Waals surface area contributed by atoms with Gasteiger partial charge in [0.05, 0.1) is 0 Å². The predicted molar refractivity (Wildman–Crippen MR) is 58.9 cm³/mol. The Kier molecular flexibility index (Phi) is 4.79. The molecule has 0 spiro atoms. The predicted octanol–water partition coefficient (Wildman–Crippen LogP) is 3.20. The average Bonchev–Trinajstić information content (AvgIpc) is 2.90. The van der Waals surface area contributed by atoms with Crippen molar-refractivity contribution < 1.29 is 0 Å². The van der Waals surface area contributed by atoms with Crippen molar-refractivity contribution in [3.63, 3.8) is 0 Å². The van der Waals surface area contributed by atoms with Gasteiger partial charge in [-0.05, 0) is 37.6 Å². The molecule has 0 amide bonds. The van der Waals surface area contributed by atoms with Gasteiger partial charge in [0, 0.05) is 6.04 Å². The largest absolute Gasteiger partial charge is 0.314 e. The van der Waals surface area contributed by atoms with E-state index < -0.39 is 0 Å². The van der Waals surface area contributed by atoms with Gasteiger partial charge in [0.1, 0.15) is 0 Å². The average molecular weight is 183 g/mol. The van der Waals surface area contributed by atoms with Crippen LogP contribution in [0.3, 0.4) is 0 Å². The molecule has 1 nitrogen and oxygen atoms in total. The van der Waals surface area contributed by atoms with Gasteiger partial charge in [0.25, 0.3) is 0 Å². The summed E-state index contributed by atoms with van der Waals surface area (Å²) in [6, 6.07) is 0.883. The van der Waals surface area contributed by atoms with Gasteiger partial charge in [-0.25, -0.2) is 0 Å². The molecule has 1 atom stereocenters. The van der Waals surface area contributed by atoms with Gasteiger partial charge in [-0.2, -0.15) is 0 Å². The normalized spacial score (nSPS) is 19.4. The van der Waals surface area contributed by atoms with E-state index in [0.29, 0.717) is 0 Å². The zero-order valence-corrected chi connectivity index (χ0v) is 9.47. The summed E-state index contributed by atoms with van der Waals surface area (Å²) >= 11 is 0. The molecule has 0 radical (unpaired) electrons. The molecular formula is C12H25N. The molecule has 1 unspecified atom stereocenters. The molecule has 1 aliphatic rings. The van der Waals surface area contributed by atoms with Crippen LogP contribution in [0.4, 0.5) is 0 Å². The molecule has 1 fully saturated rings. The van der Waals surface area contributed by atoms with E-state index in [1.807, 2.05) is 0 Å². The first-order valence-electron chi connectivity index (χ1n) is 6.01. The van der Waals surface area contributed by atoms with Crippen LogP contribution < -0.4 is 5.32 Å². The Morgan fingerprint density at radius 1 is 1.23 bits per heavy atom. The molecule has 1 N–H and O–H groups in total. The second kappa shape index (κ2) is 5.64. The molecule has 0 aliphatic heterocycles. The minimum Gasteiger partial charge on any atom is -0.314 e. The maximum atomic E-state index is 3.59. The molecule has 1 aliphatic carbocycles. The highest BCUT2D eigenvalue weighted by atomic mass is 14.9. The Morgan fingerprint density at radius 3 is 2.31 bits per heavy atom. The van der Waals surface area contributed by atoms with Gasteiger partial charge in [0.15, 0.2) is 0 Å². The lowest BCUT2D eigenvalue weighted by Gasteiger charge is -2.21. The molecule has 0 bridgehead atoms. The molecule has 0 aromatic carbocycles. The summed E-state index contributed by atoms with van der Waals surface area (Å²) in [5.74, 6) is 1.85. The van der Waals surface area contributed by atoms with Crippen LogP contribution in [0.15, 0.2) is 0 Å². The van der Waals surface area contributed by atoms with Crippen LogP contribution in [0.2, 0.25) is 0 Å². The third-order valence-electron chi connectivity index (χ3n) is 3.46. The topological polar surface area (TPSA) is 12.0 Å². The van der Waals surface area contributed by atoms with Crippen LogP contribution >= 0.6 is 0 Å². The summed E-state index contributed by atoms with van der Waals surface area (Å²) in [5.41, 5.74) is 0. The highest BCUT2D eigenvalue weighted by Crippen LogP contribution is 2.23. The molecular weight excluding hydrogens is 158 g/mol. The van der Waals surface area contributed by atoms with Crippen molar-refractivity contribution in [3.05, 3.63) is 0 Å². The first kappa shape index (κ1) is 11.0. The maximum Gasteiger partial charge on any atom is 0.00682 e. The lowest BCUT2D eigenvalue weighted by atomic mass is 9.87. The fourth-order valence-electron chi connectivity index (χ4n) is 2.13. The maximum absolute atomic E-state index is 3.59. The summed E-state index contributed by atoms with van der Waals surface area (Å²) in [7, 11) is 0. The van der Waals surface area contributed by atoms with E-state index in [0.717, 1.165) is 17.9 Å². The molecule has 1 rings (SSSR count). The molecule has 0 heterocycles. The van der Waals surface area contributed by atoms with Crippen LogP contribution in [-0.4, -0.2) is 12.6 Å². The number of hydrogen-bond acceptors (Lipinski definition) is 1. The first-order chi connectivity index (χ1) is 6.27. The minimum absolute atomic E-state index is 0.883. The molecule has 0 aromatic rings. The van der Waals surface area contributed by atoms with Gasteiger partial charge < -0.3 is 5.32 Å². The Bertz CT molecular complexity index is 125. The molecule has 1 heteroatoms. The minimum atomic E-state index is 0.883. The SMILES string of the molecule is CCC(CC)C(C)CCNC1CC1. The van der Waals surface area contributed by atoms with E-state index in [-0.39, 0.29) is 0 Å². The number of rotatable bonds is 7. The Balaban J connectivity index is 2.03. The van der Waals surface area contributed by atoms with Crippen molar-refractivity contribution in [1.29, 1.82) is 0 Å². The van der Waals surface area contributed by atoms with Gasteiger partial charge in [0.2, 0.25) is 0 Å². The lowest BCUT2D eigenvalue weighted by molar-refractivity contribution is 0.314. The number of nitrogens with one attached hydrogen (secondary N) is 1. The third-order valence-corrected chi connectivity index (χ3v) is 3.46. The van der Waals surface area contributed by atoms with Gasteiger partial charge in [-0.1, -0.05) is 33.6 Å². The van der Waals surface area contributed by atoms with E-state index >= 15 is 0 Å². The first-order valence-corrected chi connectivity index (χ1v) is 6.01. The van der Waals surface area contributed by atoms with Crippen molar-refractivity contribution in [1.82, 2.24) is 5.32 Å². The van der Waals surface area contributed by atoms with E-state index in [4.69, 9.17) is 0 Å². The molecule has 0 saturated heterocycles. The van der Waals surface area contributed by atoms with Crippen molar-refractivity contribution in [2.45, 2.75) is 58.9 Å². The molecule has 13 heavy (non-hydrogen) atoms. The van der Waals surface area contributed by atoms with Gasteiger partial charge in [-0.15, -0.1) is 0 Å². The quantitative estimate of drug-likeness (QED) is 0.639. The summed E-state index contributed by atoms with van der Waals surface area (Å²) in [5, 5.41) is 3.59. The highest BCUT2D eigenvalue weighted by molar-refractivity contribution is 4.81. The van der Waals surface area contributed by atoms with Gasteiger partial charge in [-0.3, -0.25) is 0 Å². The Hall–Kier alpha value is -0.0400. The van der Waals surface area contributed by atoms with E-state index in [1.165, 1.54) is 38.6 Å². The van der Waals surface area contributed by atoms with Crippen LogP contribution in [-0.2, 0) is 0 Å². The molecule has 1 saturated carbocycles. The van der Waals surface area contributed by atoms with E-state index in [2.05, 4.69) is 26.1 Å². The van der Waals surface area contributed by atoms with Crippen LogP contribution in [0, 0.1) is 11.8 Å². The summed E-state index contributed by atoms with van der Waals surface area (Å²) in [4.78, 5) is 0. The third kappa shape index (κ3) is 4.12. The smallest absolute Gasteiger partial charge is 0.00682 e. The Labute approximate surface area is 83.3 Å². The Morgan fingerprint density at radius 2 is 1.85 bits per heavy atom. The summed E-state index contributed by atoms with van der Waals surface area (Å²) in [6.07, 6.45) is 6.89. The summed E-state index contributed by atoms with van der Waals surface area (Å²) in [6.45, 7) is 8.28. The zero-order chi connectivity index (χ0) is 9.68. The van der Waals surface area contributed by atoms with Crippen molar-refractivity contribution in [2.75, 3.05) is 6.54 Å². The molecule has 0 aromatic heterocycles. The highest BCUT2D eigenvalue weighted by Gasteiger charge is 2.20. The lowest BCUT2D eigenvalue weighted by Crippen LogP contribution is -2.22. The van der Waals surface area contributed by atoms with Crippen molar-refractivity contribution >= 4 is 0 Å². The second-order valence-corrected chi connectivity index (χ2v) is 4.57. The van der Waals surface area contributed by atoms with Crippen molar-refractivity contribution in [3.8, 4) is 0 Å². The number of hydrogen-bond donors (Lipinski definition) is 1. The second-order valence-electron chi connectivity index (χ2n) is 4.57. The summed E-state index contributed by atoms with van der Waals surface area (Å²) < 4.78 is 0. The fourth-order valence-corrected chi connectivity index (χ4v) is 2.13. The standard InChI is InChI=1S/C12H25N/c1-4-11(5-2)10(3)8-9-13-12-6-7-12/h10-13H,4-9H2,1-3H3. The van der Waals surface area contributed by atoms with E-state index in [1.54, 1.807) is 0 Å². The van der Waals surface area contributed by atoms with Crippen LogP contribution in [0.5, 0.6) is 0 Å². The zero-order valence-electron chi connectivity index (χ0n) is 9.47. The van der Waals surface area contributed by atoms with Crippen LogP contribution in [0.1, 0.15) is 52.9 Å². The van der Waals surface area contributed by atoms with Crippen molar-refractivity contribution in [2.24, 2.45) is 11.8 Å².